The maximum Gasteiger partial charge on any atom is 0.264 e. The molecule has 0 aliphatic carbocycles. The highest BCUT2D eigenvalue weighted by Crippen LogP contribution is 2.33. The number of anilines is 1. The minimum absolute atomic E-state index is 0.0173. The molecule has 0 spiro atoms. The summed E-state index contributed by atoms with van der Waals surface area (Å²) in [4.78, 5) is 28.9. The van der Waals surface area contributed by atoms with Crippen molar-refractivity contribution in [1.82, 2.24) is 10.2 Å². The van der Waals surface area contributed by atoms with E-state index in [2.05, 4.69) is 5.32 Å². The molecule has 7 nitrogen and oxygen atoms in total. The van der Waals surface area contributed by atoms with Crippen molar-refractivity contribution in [3.05, 3.63) is 129 Å². The fourth-order valence-corrected chi connectivity index (χ4v) is 6.43. The number of likely N-dealkylation sites (N-methyl/N-ethyl adjacent to an activating group) is 1. The Hall–Kier alpha value is -3.56. The van der Waals surface area contributed by atoms with Crippen LogP contribution in [0.2, 0.25) is 15.1 Å². The number of rotatable bonds is 11. The van der Waals surface area contributed by atoms with Crippen LogP contribution in [0.1, 0.15) is 11.1 Å². The van der Waals surface area contributed by atoms with Crippen LogP contribution in [0.3, 0.4) is 0 Å². The normalized spacial score (nSPS) is 11.9. The molecule has 0 heterocycles. The lowest BCUT2D eigenvalue weighted by molar-refractivity contribution is -0.139. The summed E-state index contributed by atoms with van der Waals surface area (Å²) in [6.45, 7) is -0.628. The minimum atomic E-state index is -4.29. The molecule has 0 unspecified atom stereocenters. The monoisotopic (exact) mass is 643 g/mol. The Kier molecular flexibility index (Phi) is 10.5. The van der Waals surface area contributed by atoms with Crippen LogP contribution in [0.25, 0.3) is 0 Å². The van der Waals surface area contributed by atoms with Crippen molar-refractivity contribution < 1.29 is 18.0 Å². The van der Waals surface area contributed by atoms with Gasteiger partial charge in [0.25, 0.3) is 10.0 Å². The van der Waals surface area contributed by atoms with E-state index >= 15 is 0 Å². The van der Waals surface area contributed by atoms with E-state index in [4.69, 9.17) is 34.8 Å². The summed E-state index contributed by atoms with van der Waals surface area (Å²) in [7, 11) is -2.80. The van der Waals surface area contributed by atoms with Gasteiger partial charge in [0.2, 0.25) is 11.8 Å². The zero-order valence-corrected chi connectivity index (χ0v) is 25.7. The van der Waals surface area contributed by atoms with E-state index in [9.17, 15) is 18.0 Å². The second kappa shape index (κ2) is 14.1. The van der Waals surface area contributed by atoms with Gasteiger partial charge in [-0.1, -0.05) is 95.5 Å². The molecule has 4 aromatic carbocycles. The molecule has 0 aliphatic heterocycles. The average molecular weight is 645 g/mol. The van der Waals surface area contributed by atoms with Gasteiger partial charge < -0.3 is 10.2 Å². The lowest BCUT2D eigenvalue weighted by Gasteiger charge is -2.33. The van der Waals surface area contributed by atoms with Crippen LogP contribution in [0.15, 0.2) is 108 Å². The molecule has 0 fully saturated rings. The molecule has 218 valence electrons. The topological polar surface area (TPSA) is 86.8 Å². The van der Waals surface area contributed by atoms with Crippen LogP contribution >= 0.6 is 34.8 Å². The first-order chi connectivity index (χ1) is 20.1. The first kappa shape index (κ1) is 31.4. The van der Waals surface area contributed by atoms with Crippen LogP contribution in [0, 0.1) is 0 Å². The number of nitrogens with zero attached hydrogens (tertiary/aromatic N) is 2. The quantitative estimate of drug-likeness (QED) is 0.210. The highest BCUT2D eigenvalue weighted by Gasteiger charge is 2.35. The Labute approximate surface area is 260 Å². The van der Waals surface area contributed by atoms with E-state index in [1.165, 1.54) is 42.3 Å². The predicted octanol–water partition coefficient (Wildman–Crippen LogP) is 6.23. The van der Waals surface area contributed by atoms with Crippen molar-refractivity contribution in [2.45, 2.75) is 23.9 Å². The van der Waals surface area contributed by atoms with E-state index in [1.54, 1.807) is 42.5 Å². The highest BCUT2D eigenvalue weighted by molar-refractivity contribution is 7.92. The summed E-state index contributed by atoms with van der Waals surface area (Å²) in [5, 5.41) is 3.49. The van der Waals surface area contributed by atoms with E-state index in [0.29, 0.717) is 10.6 Å². The van der Waals surface area contributed by atoms with E-state index < -0.39 is 34.4 Å². The fourth-order valence-electron chi connectivity index (χ4n) is 4.42. The number of carbonyl (C=O) groups is 2. The first-order valence-corrected chi connectivity index (χ1v) is 15.5. The third kappa shape index (κ3) is 7.63. The summed E-state index contributed by atoms with van der Waals surface area (Å²) in [5.41, 5.74) is 1.56. The average Bonchev–Trinajstić information content (AvgIpc) is 3.00. The molecule has 4 rings (SSSR count). The number of hydrogen-bond acceptors (Lipinski definition) is 4. The molecular formula is C31H28Cl3N3O4S. The number of halogens is 3. The van der Waals surface area contributed by atoms with Crippen LogP contribution in [0.5, 0.6) is 0 Å². The number of amides is 2. The van der Waals surface area contributed by atoms with Crippen molar-refractivity contribution >= 4 is 62.3 Å². The van der Waals surface area contributed by atoms with E-state index in [-0.39, 0.29) is 33.6 Å². The van der Waals surface area contributed by atoms with Crippen LogP contribution in [-0.4, -0.2) is 44.8 Å². The largest absolute Gasteiger partial charge is 0.357 e. The molecule has 0 aliphatic rings. The number of benzene rings is 4. The Bertz CT molecular complexity index is 1640. The summed E-state index contributed by atoms with van der Waals surface area (Å²) < 4.78 is 28.8. The summed E-state index contributed by atoms with van der Waals surface area (Å²) in [6.07, 6.45) is 0.198. The number of sulfonamides is 1. The summed E-state index contributed by atoms with van der Waals surface area (Å²) >= 11 is 18.8. The molecule has 2 amide bonds. The van der Waals surface area contributed by atoms with Crippen molar-refractivity contribution in [1.29, 1.82) is 0 Å². The minimum Gasteiger partial charge on any atom is -0.357 e. The molecule has 4 aromatic rings. The van der Waals surface area contributed by atoms with Crippen LogP contribution in [0.4, 0.5) is 5.69 Å². The Morgan fingerprint density at radius 3 is 2.00 bits per heavy atom. The lowest BCUT2D eigenvalue weighted by atomic mass is 10.0. The third-order valence-electron chi connectivity index (χ3n) is 6.57. The first-order valence-electron chi connectivity index (χ1n) is 12.9. The van der Waals surface area contributed by atoms with Crippen LogP contribution < -0.4 is 9.62 Å². The van der Waals surface area contributed by atoms with E-state index in [0.717, 1.165) is 9.87 Å². The van der Waals surface area contributed by atoms with Gasteiger partial charge in [-0.2, -0.15) is 0 Å². The molecule has 42 heavy (non-hydrogen) atoms. The van der Waals surface area contributed by atoms with Gasteiger partial charge in [0, 0.05) is 30.1 Å². The number of nitrogens with one attached hydrogen (secondary N) is 1. The SMILES string of the molecule is CNC(=O)[C@@H](Cc1ccccc1)N(Cc1ccc(Cl)cc1)C(=O)CN(c1cc(Cl)ccc1Cl)S(=O)(=O)c1ccccc1. The number of carbonyl (C=O) groups excluding carboxylic acids is 2. The van der Waals surface area contributed by atoms with Crippen molar-refractivity contribution in [2.24, 2.45) is 0 Å². The molecule has 0 saturated carbocycles. The Morgan fingerprint density at radius 2 is 1.38 bits per heavy atom. The molecule has 11 heteroatoms. The Morgan fingerprint density at radius 1 is 0.786 bits per heavy atom. The molecule has 0 bridgehead atoms. The standard InChI is InChI=1S/C31H28Cl3N3O4S/c1-35-31(39)29(18-22-8-4-2-5-9-22)36(20-23-12-14-24(32)15-13-23)30(38)21-37(28-19-25(33)16-17-27(28)34)42(40,41)26-10-6-3-7-11-26/h2-17,19,29H,18,20-21H2,1H3,(H,35,39)/t29-/m1/s1. The smallest absolute Gasteiger partial charge is 0.264 e. The van der Waals surface area contributed by atoms with Gasteiger partial charge in [-0.25, -0.2) is 8.42 Å². The maximum atomic E-state index is 14.3. The van der Waals surface area contributed by atoms with Crippen molar-refractivity contribution in [3.8, 4) is 0 Å². The van der Waals surface area contributed by atoms with Crippen LogP contribution in [-0.2, 0) is 32.6 Å². The van der Waals surface area contributed by atoms with Gasteiger partial charge in [-0.05, 0) is 53.6 Å². The second-order valence-corrected chi connectivity index (χ2v) is 12.5. The van der Waals surface area contributed by atoms with E-state index in [1.807, 2.05) is 30.3 Å². The second-order valence-electron chi connectivity index (χ2n) is 9.39. The molecule has 0 aromatic heterocycles. The summed E-state index contributed by atoms with van der Waals surface area (Å²) in [6, 6.07) is 27.3. The van der Waals surface area contributed by atoms with Gasteiger partial charge in [-0.15, -0.1) is 0 Å². The molecular weight excluding hydrogens is 617 g/mol. The van der Waals surface area contributed by atoms with Gasteiger partial charge in [-0.3, -0.25) is 13.9 Å². The zero-order chi connectivity index (χ0) is 30.3. The predicted molar refractivity (Wildman–Crippen MR) is 167 cm³/mol. The van der Waals surface area contributed by atoms with Gasteiger partial charge >= 0.3 is 0 Å². The zero-order valence-electron chi connectivity index (χ0n) is 22.6. The molecule has 0 saturated heterocycles. The fraction of sp³-hybridized carbons (Fsp3) is 0.161. The van der Waals surface area contributed by atoms with Crippen molar-refractivity contribution in [3.63, 3.8) is 0 Å². The number of hydrogen-bond donors (Lipinski definition) is 1. The van der Waals surface area contributed by atoms with Gasteiger partial charge in [0.05, 0.1) is 15.6 Å². The maximum absolute atomic E-state index is 14.3. The van der Waals surface area contributed by atoms with Gasteiger partial charge in [0.15, 0.2) is 0 Å². The molecule has 1 atom stereocenters. The molecule has 0 radical (unpaired) electrons. The van der Waals surface area contributed by atoms with Crippen molar-refractivity contribution in [2.75, 3.05) is 17.9 Å². The molecule has 1 N–H and O–H groups in total. The third-order valence-corrected chi connectivity index (χ3v) is 9.15. The Balaban J connectivity index is 1.81. The highest BCUT2D eigenvalue weighted by atomic mass is 35.5. The lowest BCUT2D eigenvalue weighted by Crippen LogP contribution is -2.53. The summed E-state index contributed by atoms with van der Waals surface area (Å²) in [5.74, 6) is -1.02. The van der Waals surface area contributed by atoms with Gasteiger partial charge in [0.1, 0.15) is 12.6 Å².